The van der Waals surface area contributed by atoms with Crippen LogP contribution < -0.4 is 10.6 Å². The molecule has 1 aromatic heterocycles. The first kappa shape index (κ1) is 11.3. The minimum atomic E-state index is 0.481. The third-order valence-electron chi connectivity index (χ3n) is 3.53. The summed E-state index contributed by atoms with van der Waals surface area (Å²) in [5, 5.41) is 0. The van der Waals surface area contributed by atoms with Crippen molar-refractivity contribution in [1.29, 1.82) is 0 Å². The first-order chi connectivity index (χ1) is 7.70. The topological polar surface area (TPSA) is 55.0 Å². The van der Waals surface area contributed by atoms with Gasteiger partial charge in [0.05, 0.1) is 5.69 Å². The fourth-order valence-corrected chi connectivity index (χ4v) is 2.10. The fourth-order valence-electron chi connectivity index (χ4n) is 2.10. The van der Waals surface area contributed by atoms with Crippen molar-refractivity contribution >= 4 is 5.95 Å². The lowest BCUT2D eigenvalue weighted by Crippen LogP contribution is -2.39. The van der Waals surface area contributed by atoms with Crippen LogP contribution in [0.25, 0.3) is 0 Å². The van der Waals surface area contributed by atoms with Gasteiger partial charge in [0.15, 0.2) is 0 Å². The highest BCUT2D eigenvalue weighted by atomic mass is 15.3. The van der Waals surface area contributed by atoms with E-state index in [1.807, 2.05) is 6.07 Å². The third-order valence-corrected chi connectivity index (χ3v) is 3.53. The summed E-state index contributed by atoms with van der Waals surface area (Å²) >= 11 is 0. The summed E-state index contributed by atoms with van der Waals surface area (Å²) in [7, 11) is 0. The minimum absolute atomic E-state index is 0.481. The molecule has 1 aliphatic heterocycles. The lowest BCUT2D eigenvalue weighted by atomic mass is 9.89. The van der Waals surface area contributed by atoms with E-state index >= 15 is 0 Å². The quantitative estimate of drug-likeness (QED) is 0.819. The molecular formula is C12H20N4. The van der Waals surface area contributed by atoms with Gasteiger partial charge >= 0.3 is 0 Å². The zero-order valence-electron chi connectivity index (χ0n) is 10.1. The predicted molar refractivity (Wildman–Crippen MR) is 65.1 cm³/mol. The highest BCUT2D eigenvalue weighted by Crippen LogP contribution is 2.24. The number of piperidine rings is 1. The largest absolute Gasteiger partial charge is 0.341 e. The van der Waals surface area contributed by atoms with Crippen LogP contribution in [0.5, 0.6) is 0 Å². The lowest BCUT2D eigenvalue weighted by Gasteiger charge is -2.35. The molecule has 1 fully saturated rings. The van der Waals surface area contributed by atoms with Gasteiger partial charge in [0, 0.05) is 25.8 Å². The van der Waals surface area contributed by atoms with Gasteiger partial charge < -0.3 is 10.6 Å². The monoisotopic (exact) mass is 220 g/mol. The van der Waals surface area contributed by atoms with E-state index < -0.39 is 0 Å². The number of anilines is 1. The summed E-state index contributed by atoms with van der Waals surface area (Å²) < 4.78 is 0. The molecule has 2 atom stereocenters. The molecule has 1 saturated heterocycles. The number of nitrogens with zero attached hydrogens (tertiary/aromatic N) is 3. The van der Waals surface area contributed by atoms with E-state index in [1.54, 1.807) is 6.20 Å². The minimum Gasteiger partial charge on any atom is -0.341 e. The van der Waals surface area contributed by atoms with Crippen molar-refractivity contribution in [3.63, 3.8) is 0 Å². The number of hydrogen-bond acceptors (Lipinski definition) is 4. The van der Waals surface area contributed by atoms with Crippen LogP contribution in [0, 0.1) is 11.8 Å². The number of hydrogen-bond donors (Lipinski definition) is 1. The molecule has 16 heavy (non-hydrogen) atoms. The van der Waals surface area contributed by atoms with Crippen molar-refractivity contribution in [1.82, 2.24) is 9.97 Å². The molecule has 2 N–H and O–H groups in total. The Kier molecular flexibility index (Phi) is 3.39. The normalized spacial score (nSPS) is 25.8. The van der Waals surface area contributed by atoms with E-state index in [1.165, 1.54) is 6.42 Å². The van der Waals surface area contributed by atoms with Crippen LogP contribution in [0.1, 0.15) is 26.0 Å². The Morgan fingerprint density at radius 1 is 1.44 bits per heavy atom. The molecule has 0 amide bonds. The van der Waals surface area contributed by atoms with Crippen molar-refractivity contribution in [3.05, 3.63) is 18.0 Å². The molecule has 0 aliphatic carbocycles. The highest BCUT2D eigenvalue weighted by Gasteiger charge is 2.24. The average Bonchev–Trinajstić information content (AvgIpc) is 2.33. The van der Waals surface area contributed by atoms with Crippen molar-refractivity contribution < 1.29 is 0 Å². The smallest absolute Gasteiger partial charge is 0.225 e. The van der Waals surface area contributed by atoms with E-state index in [2.05, 4.69) is 28.7 Å². The van der Waals surface area contributed by atoms with Gasteiger partial charge in [0.25, 0.3) is 0 Å². The Bertz CT molecular complexity index is 353. The number of nitrogens with two attached hydrogens (primary N) is 1. The van der Waals surface area contributed by atoms with Crippen LogP contribution in [-0.2, 0) is 6.54 Å². The molecular weight excluding hydrogens is 200 g/mol. The molecule has 88 valence electrons. The van der Waals surface area contributed by atoms with Gasteiger partial charge in [-0.2, -0.15) is 0 Å². The van der Waals surface area contributed by atoms with Crippen LogP contribution in [0.15, 0.2) is 12.3 Å². The van der Waals surface area contributed by atoms with Gasteiger partial charge in [0.2, 0.25) is 5.95 Å². The zero-order valence-corrected chi connectivity index (χ0v) is 10.1. The number of rotatable bonds is 2. The van der Waals surface area contributed by atoms with Crippen LogP contribution in [-0.4, -0.2) is 23.1 Å². The summed E-state index contributed by atoms with van der Waals surface area (Å²) in [6, 6.07) is 1.87. The first-order valence-electron chi connectivity index (χ1n) is 5.97. The SMILES string of the molecule is CC1CCN(c2nccc(CN)n2)CC1C. The molecule has 0 saturated carbocycles. The summed E-state index contributed by atoms with van der Waals surface area (Å²) in [5.74, 6) is 2.34. The van der Waals surface area contributed by atoms with Gasteiger partial charge in [-0.25, -0.2) is 9.97 Å². The van der Waals surface area contributed by atoms with Crippen molar-refractivity contribution in [3.8, 4) is 0 Å². The van der Waals surface area contributed by atoms with Crippen LogP contribution in [0.4, 0.5) is 5.95 Å². The maximum absolute atomic E-state index is 5.59. The van der Waals surface area contributed by atoms with E-state index in [0.29, 0.717) is 12.5 Å². The highest BCUT2D eigenvalue weighted by molar-refractivity contribution is 5.31. The lowest BCUT2D eigenvalue weighted by molar-refractivity contribution is 0.321. The third kappa shape index (κ3) is 2.32. The summed E-state index contributed by atoms with van der Waals surface area (Å²) in [4.78, 5) is 11.1. The Morgan fingerprint density at radius 2 is 2.25 bits per heavy atom. The van der Waals surface area contributed by atoms with Gasteiger partial charge in [-0.05, 0) is 24.3 Å². The van der Waals surface area contributed by atoms with Crippen molar-refractivity contribution in [2.75, 3.05) is 18.0 Å². The standard InChI is InChI=1S/C12H20N4/c1-9-4-6-16(8-10(9)2)12-14-5-3-11(7-13)15-12/h3,5,9-10H,4,6-8,13H2,1-2H3. The summed E-state index contributed by atoms with van der Waals surface area (Å²) in [6.07, 6.45) is 3.02. The Balaban J connectivity index is 2.12. The maximum atomic E-state index is 5.59. The van der Waals surface area contributed by atoms with E-state index in [0.717, 1.165) is 30.6 Å². The van der Waals surface area contributed by atoms with Crippen LogP contribution in [0.3, 0.4) is 0 Å². The molecule has 0 bridgehead atoms. The van der Waals surface area contributed by atoms with E-state index in [4.69, 9.17) is 5.73 Å². The van der Waals surface area contributed by atoms with Gasteiger partial charge in [0.1, 0.15) is 0 Å². The fraction of sp³-hybridized carbons (Fsp3) is 0.667. The van der Waals surface area contributed by atoms with Crippen LogP contribution >= 0.6 is 0 Å². The second kappa shape index (κ2) is 4.78. The van der Waals surface area contributed by atoms with Gasteiger partial charge in [-0.3, -0.25) is 0 Å². The number of aromatic nitrogens is 2. The van der Waals surface area contributed by atoms with Crippen molar-refractivity contribution in [2.24, 2.45) is 17.6 Å². The molecule has 4 nitrogen and oxygen atoms in total. The van der Waals surface area contributed by atoms with Gasteiger partial charge in [-0.1, -0.05) is 13.8 Å². The second-order valence-electron chi connectivity index (χ2n) is 4.74. The maximum Gasteiger partial charge on any atom is 0.225 e. The molecule has 0 aromatic carbocycles. The molecule has 2 rings (SSSR count). The van der Waals surface area contributed by atoms with E-state index in [9.17, 15) is 0 Å². The molecule has 0 spiro atoms. The zero-order chi connectivity index (χ0) is 11.5. The van der Waals surface area contributed by atoms with Gasteiger partial charge in [-0.15, -0.1) is 0 Å². The van der Waals surface area contributed by atoms with Crippen molar-refractivity contribution in [2.45, 2.75) is 26.8 Å². The molecule has 1 aliphatic rings. The Morgan fingerprint density at radius 3 is 2.94 bits per heavy atom. The molecule has 1 aromatic rings. The Labute approximate surface area is 96.9 Å². The first-order valence-corrected chi connectivity index (χ1v) is 5.97. The average molecular weight is 220 g/mol. The summed E-state index contributed by atoms with van der Waals surface area (Å²) in [6.45, 7) is 7.20. The van der Waals surface area contributed by atoms with E-state index in [-0.39, 0.29) is 0 Å². The predicted octanol–water partition coefficient (Wildman–Crippen LogP) is 1.42. The molecule has 2 heterocycles. The molecule has 4 heteroatoms. The Hall–Kier alpha value is -1.16. The molecule has 0 radical (unpaired) electrons. The summed E-state index contributed by atoms with van der Waals surface area (Å²) in [5.41, 5.74) is 6.50. The molecule has 2 unspecified atom stereocenters. The second-order valence-corrected chi connectivity index (χ2v) is 4.74. The van der Waals surface area contributed by atoms with Crippen LogP contribution in [0.2, 0.25) is 0 Å².